The summed E-state index contributed by atoms with van der Waals surface area (Å²) < 4.78 is 40.4. The molecule has 2 N–H and O–H groups in total. The first-order valence-corrected chi connectivity index (χ1v) is 8.09. The smallest absolute Gasteiger partial charge is 0.336 e. The monoisotopic (exact) mass is 375 g/mol. The molecule has 6 nitrogen and oxygen atoms in total. The first kappa shape index (κ1) is 18.4. The molecule has 3 aromatic rings. The van der Waals surface area contributed by atoms with E-state index in [0.717, 1.165) is 11.8 Å². The zero-order valence-corrected chi connectivity index (χ0v) is 14.1. The van der Waals surface area contributed by atoms with E-state index in [-0.39, 0.29) is 12.2 Å². The van der Waals surface area contributed by atoms with E-state index < -0.39 is 17.8 Å². The molecule has 2 heterocycles. The van der Waals surface area contributed by atoms with E-state index in [1.54, 1.807) is 29.2 Å². The molecule has 3 rings (SSSR count). The summed E-state index contributed by atoms with van der Waals surface area (Å²) >= 11 is 0. The summed E-state index contributed by atoms with van der Waals surface area (Å²) in [7, 11) is 0. The lowest BCUT2D eigenvalue weighted by Crippen LogP contribution is -2.32. The number of anilines is 1. The van der Waals surface area contributed by atoms with Crippen molar-refractivity contribution in [1.82, 2.24) is 20.1 Å². The fourth-order valence-corrected chi connectivity index (χ4v) is 2.43. The number of nitrogens with zero attached hydrogens (tertiary/aromatic N) is 3. The van der Waals surface area contributed by atoms with Crippen molar-refractivity contribution in [3.63, 3.8) is 0 Å². The Balaban J connectivity index is 1.53. The van der Waals surface area contributed by atoms with Crippen LogP contribution in [0.3, 0.4) is 0 Å². The highest BCUT2D eigenvalue weighted by Crippen LogP contribution is 2.34. The summed E-state index contributed by atoms with van der Waals surface area (Å²) in [6.07, 6.45) is -1.14. The molecule has 0 atom stereocenters. The minimum Gasteiger partial charge on any atom is -0.336 e. The summed E-state index contributed by atoms with van der Waals surface area (Å²) in [6, 6.07) is 11.4. The van der Waals surface area contributed by atoms with Gasteiger partial charge in [-0.3, -0.25) is 9.67 Å². The molecule has 0 aliphatic heterocycles. The minimum absolute atomic E-state index is 0.198. The van der Waals surface area contributed by atoms with Crippen molar-refractivity contribution in [1.29, 1.82) is 0 Å². The van der Waals surface area contributed by atoms with E-state index in [1.165, 1.54) is 18.2 Å². The number of hydrogen-bond donors (Lipinski definition) is 2. The van der Waals surface area contributed by atoms with Crippen molar-refractivity contribution < 1.29 is 18.0 Å². The Labute approximate surface area is 153 Å². The molecule has 0 radical (unpaired) electrons. The number of hydrogen-bond acceptors (Lipinski definition) is 3. The molecule has 1 aromatic carbocycles. The molecule has 2 aromatic heterocycles. The number of urea groups is 1. The number of nitrogens with one attached hydrogen (secondary N) is 2. The third-order valence-electron chi connectivity index (χ3n) is 3.68. The number of aromatic nitrogens is 3. The van der Waals surface area contributed by atoms with Crippen molar-refractivity contribution in [3.8, 4) is 11.4 Å². The maximum atomic E-state index is 12.9. The van der Waals surface area contributed by atoms with Gasteiger partial charge in [-0.2, -0.15) is 18.3 Å². The number of halogens is 3. The minimum atomic E-state index is -4.54. The van der Waals surface area contributed by atoms with Gasteiger partial charge in [-0.1, -0.05) is 18.2 Å². The zero-order valence-electron chi connectivity index (χ0n) is 14.1. The zero-order chi connectivity index (χ0) is 19.3. The van der Waals surface area contributed by atoms with Crippen LogP contribution in [-0.4, -0.2) is 27.3 Å². The Morgan fingerprint density at radius 3 is 2.56 bits per heavy atom. The SMILES string of the molecule is O=C(NCCn1ccc(-c2ccccn2)n1)Nc1ccccc1C(F)(F)F. The third-order valence-corrected chi connectivity index (χ3v) is 3.68. The van der Waals surface area contributed by atoms with Gasteiger partial charge in [0, 0.05) is 18.9 Å². The average Bonchev–Trinajstić information content (AvgIpc) is 3.11. The number of amides is 2. The molecule has 0 saturated carbocycles. The third kappa shape index (κ3) is 4.84. The Morgan fingerprint density at radius 2 is 1.81 bits per heavy atom. The lowest BCUT2D eigenvalue weighted by Gasteiger charge is -2.14. The number of rotatable bonds is 5. The Morgan fingerprint density at radius 1 is 1.04 bits per heavy atom. The lowest BCUT2D eigenvalue weighted by molar-refractivity contribution is -0.136. The number of pyridine rings is 1. The Bertz CT molecular complexity index is 909. The van der Waals surface area contributed by atoms with Crippen LogP contribution in [0.1, 0.15) is 5.56 Å². The van der Waals surface area contributed by atoms with E-state index in [9.17, 15) is 18.0 Å². The normalized spacial score (nSPS) is 11.2. The topological polar surface area (TPSA) is 71.8 Å². The highest BCUT2D eigenvalue weighted by atomic mass is 19.4. The van der Waals surface area contributed by atoms with E-state index in [2.05, 4.69) is 20.7 Å². The van der Waals surface area contributed by atoms with Gasteiger partial charge in [0.25, 0.3) is 0 Å². The standard InChI is InChI=1S/C18H16F3N5O/c19-18(20,21)13-5-1-2-6-14(13)24-17(27)23-10-12-26-11-8-16(25-26)15-7-3-4-9-22-15/h1-9,11H,10,12H2,(H2,23,24,27). The van der Waals surface area contributed by atoms with Crippen molar-refractivity contribution >= 4 is 11.7 Å². The predicted molar refractivity (Wildman–Crippen MR) is 93.9 cm³/mol. The molecule has 0 spiro atoms. The molecule has 0 saturated heterocycles. The second kappa shape index (κ2) is 7.90. The number of para-hydroxylation sites is 1. The molecular formula is C18H16F3N5O. The fraction of sp³-hybridized carbons (Fsp3) is 0.167. The largest absolute Gasteiger partial charge is 0.418 e. The van der Waals surface area contributed by atoms with Crippen LogP contribution in [0.2, 0.25) is 0 Å². The lowest BCUT2D eigenvalue weighted by atomic mass is 10.1. The highest BCUT2D eigenvalue weighted by Gasteiger charge is 2.33. The Kier molecular flexibility index (Phi) is 5.39. The van der Waals surface area contributed by atoms with Crippen LogP contribution in [-0.2, 0) is 12.7 Å². The van der Waals surface area contributed by atoms with E-state index in [1.807, 2.05) is 12.1 Å². The maximum Gasteiger partial charge on any atom is 0.418 e. The second-order valence-corrected chi connectivity index (χ2v) is 5.60. The molecule has 0 aliphatic rings. The van der Waals surface area contributed by atoms with Gasteiger partial charge in [0.1, 0.15) is 5.69 Å². The average molecular weight is 375 g/mol. The summed E-state index contributed by atoms with van der Waals surface area (Å²) in [5.74, 6) is 0. The van der Waals surface area contributed by atoms with Crippen molar-refractivity contribution in [2.45, 2.75) is 12.7 Å². The maximum absolute atomic E-state index is 12.9. The number of alkyl halides is 3. The number of carbonyl (C=O) groups excluding carboxylic acids is 1. The first-order chi connectivity index (χ1) is 12.9. The van der Waals surface area contributed by atoms with Gasteiger partial charge in [0.05, 0.1) is 23.5 Å². The van der Waals surface area contributed by atoms with Crippen LogP contribution in [0.25, 0.3) is 11.4 Å². The van der Waals surface area contributed by atoms with E-state index >= 15 is 0 Å². The molecule has 0 unspecified atom stereocenters. The summed E-state index contributed by atoms with van der Waals surface area (Å²) in [5, 5.41) is 9.08. The quantitative estimate of drug-likeness (QED) is 0.713. The first-order valence-electron chi connectivity index (χ1n) is 8.09. The molecule has 0 aliphatic carbocycles. The number of carbonyl (C=O) groups is 1. The van der Waals surface area contributed by atoms with Gasteiger partial charge in [-0.05, 0) is 30.3 Å². The molecule has 9 heteroatoms. The van der Waals surface area contributed by atoms with Crippen molar-refractivity contribution in [2.24, 2.45) is 0 Å². The van der Waals surface area contributed by atoms with Crippen LogP contribution >= 0.6 is 0 Å². The second-order valence-electron chi connectivity index (χ2n) is 5.60. The van der Waals surface area contributed by atoms with E-state index in [0.29, 0.717) is 12.2 Å². The van der Waals surface area contributed by atoms with Crippen molar-refractivity contribution in [2.75, 3.05) is 11.9 Å². The van der Waals surface area contributed by atoms with Gasteiger partial charge in [-0.15, -0.1) is 0 Å². The van der Waals surface area contributed by atoms with Crippen LogP contribution < -0.4 is 10.6 Å². The van der Waals surface area contributed by atoms with Crippen LogP contribution in [0, 0.1) is 0 Å². The molecular weight excluding hydrogens is 359 g/mol. The van der Waals surface area contributed by atoms with E-state index in [4.69, 9.17) is 0 Å². The van der Waals surface area contributed by atoms with Crippen LogP contribution in [0.5, 0.6) is 0 Å². The van der Waals surface area contributed by atoms with Crippen LogP contribution in [0.15, 0.2) is 60.9 Å². The fourth-order valence-electron chi connectivity index (χ4n) is 2.43. The van der Waals surface area contributed by atoms with Gasteiger partial charge >= 0.3 is 12.2 Å². The van der Waals surface area contributed by atoms with Gasteiger partial charge in [0.15, 0.2) is 0 Å². The van der Waals surface area contributed by atoms with Crippen molar-refractivity contribution in [3.05, 3.63) is 66.5 Å². The van der Waals surface area contributed by atoms with Gasteiger partial charge in [0.2, 0.25) is 0 Å². The molecule has 0 fully saturated rings. The predicted octanol–water partition coefficient (Wildman–Crippen LogP) is 3.79. The summed E-state index contributed by atoms with van der Waals surface area (Å²) in [4.78, 5) is 16.1. The van der Waals surface area contributed by atoms with Crippen LogP contribution in [0.4, 0.5) is 23.7 Å². The molecule has 2 amide bonds. The Hall–Kier alpha value is -3.36. The van der Waals surface area contributed by atoms with Gasteiger partial charge in [-0.25, -0.2) is 4.79 Å². The molecule has 140 valence electrons. The summed E-state index contributed by atoms with van der Waals surface area (Å²) in [5.41, 5.74) is 0.233. The van der Waals surface area contributed by atoms with Gasteiger partial charge < -0.3 is 10.6 Å². The molecule has 0 bridgehead atoms. The summed E-state index contributed by atoms with van der Waals surface area (Å²) in [6.45, 7) is 0.560. The number of benzene rings is 1. The molecule has 27 heavy (non-hydrogen) atoms. The highest BCUT2D eigenvalue weighted by molar-refractivity contribution is 5.90.